The molecule has 0 aliphatic heterocycles. The monoisotopic (exact) mass is 296 g/mol. The van der Waals surface area contributed by atoms with Crippen LogP contribution in [0.1, 0.15) is 11.6 Å². The summed E-state index contributed by atoms with van der Waals surface area (Å²) < 4.78 is 0. The summed E-state index contributed by atoms with van der Waals surface area (Å²) in [4.78, 5) is 34.2. The molecule has 2 amide bonds. The molecule has 1 aromatic rings. The molecule has 0 radical (unpaired) electrons. The Morgan fingerprint density at radius 2 is 1.67 bits per heavy atom. The number of hydrogen-bond donors (Lipinski definition) is 5. The van der Waals surface area contributed by atoms with Crippen molar-refractivity contribution >= 4 is 17.8 Å². The van der Waals surface area contributed by atoms with Gasteiger partial charge in [-0.3, -0.25) is 9.59 Å². The predicted octanol–water partition coefficient (Wildman–Crippen LogP) is -1.60. The van der Waals surface area contributed by atoms with E-state index in [2.05, 4.69) is 10.6 Å². The van der Waals surface area contributed by atoms with Gasteiger partial charge in [-0.15, -0.1) is 0 Å². The molecule has 0 saturated heterocycles. The summed E-state index contributed by atoms with van der Waals surface area (Å²) in [6.45, 7) is -1.59. The van der Waals surface area contributed by atoms with Crippen LogP contribution in [0.5, 0.6) is 0 Å². The fourth-order valence-corrected chi connectivity index (χ4v) is 1.59. The third-order valence-electron chi connectivity index (χ3n) is 2.64. The number of hydrogen-bond acceptors (Lipinski definition) is 5. The summed E-state index contributed by atoms with van der Waals surface area (Å²) in [6, 6.07) is 5.48. The molecule has 114 valence electrons. The number of carboxylic acid groups (broad SMARTS) is 1. The number of carbonyl (C=O) groups is 3. The van der Waals surface area contributed by atoms with Crippen molar-refractivity contribution in [1.29, 1.82) is 0 Å². The van der Waals surface area contributed by atoms with E-state index in [-0.39, 0.29) is 0 Å². The van der Waals surface area contributed by atoms with E-state index in [1.807, 2.05) is 0 Å². The molecule has 2 unspecified atom stereocenters. The van der Waals surface area contributed by atoms with Gasteiger partial charge in [0.1, 0.15) is 18.7 Å². The van der Waals surface area contributed by atoms with Gasteiger partial charge in [0, 0.05) is 0 Å². The highest BCUT2D eigenvalue weighted by atomic mass is 16.4. The molecule has 2 atom stereocenters. The second-order valence-electron chi connectivity index (χ2n) is 4.15. The Morgan fingerprint density at radius 1 is 1.05 bits per heavy atom. The fraction of sp³-hybridized carbons (Fsp3) is 0.308. The van der Waals surface area contributed by atoms with E-state index < -0.39 is 43.1 Å². The van der Waals surface area contributed by atoms with Crippen molar-refractivity contribution in [3.05, 3.63) is 35.9 Å². The third-order valence-corrected chi connectivity index (χ3v) is 2.64. The summed E-state index contributed by atoms with van der Waals surface area (Å²) in [7, 11) is 0. The van der Waals surface area contributed by atoms with Gasteiger partial charge in [-0.25, -0.2) is 4.79 Å². The summed E-state index contributed by atoms with van der Waals surface area (Å²) >= 11 is 0. The number of aliphatic hydroxyl groups excluding tert-OH is 2. The lowest BCUT2D eigenvalue weighted by Crippen LogP contribution is -2.49. The van der Waals surface area contributed by atoms with E-state index in [4.69, 9.17) is 15.3 Å². The molecule has 0 spiro atoms. The maximum absolute atomic E-state index is 12.1. The number of carbonyl (C=O) groups excluding carboxylic acids is 2. The minimum Gasteiger partial charge on any atom is -0.480 e. The molecule has 0 aliphatic rings. The highest BCUT2D eigenvalue weighted by Gasteiger charge is 2.27. The quantitative estimate of drug-likeness (QED) is 0.411. The number of amides is 2. The van der Waals surface area contributed by atoms with Crippen LogP contribution in [0, 0.1) is 0 Å². The number of benzene rings is 1. The Hall–Kier alpha value is -2.45. The highest BCUT2D eigenvalue weighted by Crippen LogP contribution is 2.13. The van der Waals surface area contributed by atoms with E-state index in [0.29, 0.717) is 5.56 Å². The van der Waals surface area contributed by atoms with Crippen molar-refractivity contribution in [2.75, 3.05) is 13.2 Å². The molecule has 0 bridgehead atoms. The zero-order valence-corrected chi connectivity index (χ0v) is 11.0. The van der Waals surface area contributed by atoms with Gasteiger partial charge in [0.2, 0.25) is 11.8 Å². The molecule has 0 heterocycles. The van der Waals surface area contributed by atoms with Crippen molar-refractivity contribution < 1.29 is 29.7 Å². The second-order valence-corrected chi connectivity index (χ2v) is 4.15. The van der Waals surface area contributed by atoms with Gasteiger partial charge in [0.25, 0.3) is 0 Å². The minimum atomic E-state index is -1.48. The molecule has 1 rings (SSSR count). The van der Waals surface area contributed by atoms with Crippen LogP contribution in [0.15, 0.2) is 30.3 Å². The number of aliphatic carboxylic acids is 1. The summed E-state index contributed by atoms with van der Waals surface area (Å²) in [5, 5.41) is 30.8. The van der Waals surface area contributed by atoms with Gasteiger partial charge in [0.15, 0.2) is 0 Å². The molecule has 1 aromatic carbocycles. The van der Waals surface area contributed by atoms with Crippen LogP contribution in [-0.2, 0) is 14.4 Å². The fourth-order valence-electron chi connectivity index (χ4n) is 1.59. The third kappa shape index (κ3) is 4.86. The molecule has 8 heteroatoms. The number of carboxylic acids is 1. The van der Waals surface area contributed by atoms with Gasteiger partial charge in [-0.2, -0.15) is 0 Å². The summed E-state index contributed by atoms with van der Waals surface area (Å²) in [6.07, 6.45) is 0. The first-order valence-electron chi connectivity index (χ1n) is 6.08. The average molecular weight is 296 g/mol. The summed E-state index contributed by atoms with van der Waals surface area (Å²) in [5.41, 5.74) is 0.416. The van der Waals surface area contributed by atoms with E-state index >= 15 is 0 Å². The smallest absolute Gasteiger partial charge is 0.328 e. The van der Waals surface area contributed by atoms with Crippen molar-refractivity contribution in [2.24, 2.45) is 0 Å². The van der Waals surface area contributed by atoms with Gasteiger partial charge >= 0.3 is 5.97 Å². The van der Waals surface area contributed by atoms with E-state index in [1.165, 1.54) is 0 Å². The molecular formula is C13H16N2O6. The van der Waals surface area contributed by atoms with Crippen LogP contribution in [0.3, 0.4) is 0 Å². The number of nitrogens with one attached hydrogen (secondary N) is 2. The Labute approximate surface area is 120 Å². The average Bonchev–Trinajstić information content (AvgIpc) is 2.50. The first-order valence-corrected chi connectivity index (χ1v) is 6.08. The van der Waals surface area contributed by atoms with Crippen LogP contribution in [0.4, 0.5) is 0 Å². The molecule has 0 saturated carbocycles. The standard InChI is InChI=1S/C13H16N2O6/c16-6-9(13(20)21)14-12(19)11(15-10(18)7-17)8-4-2-1-3-5-8/h1-5,9,11,16-17H,6-7H2,(H,14,19)(H,15,18)(H,20,21). The van der Waals surface area contributed by atoms with Gasteiger partial charge < -0.3 is 26.0 Å². The zero-order valence-electron chi connectivity index (χ0n) is 11.0. The molecule has 0 aliphatic carbocycles. The lowest BCUT2D eigenvalue weighted by Gasteiger charge is -2.20. The molecule has 5 N–H and O–H groups in total. The molecule has 0 fully saturated rings. The molecule has 21 heavy (non-hydrogen) atoms. The molecule has 0 aromatic heterocycles. The summed E-state index contributed by atoms with van der Waals surface area (Å²) in [5.74, 6) is -2.98. The Morgan fingerprint density at radius 3 is 2.14 bits per heavy atom. The van der Waals surface area contributed by atoms with E-state index in [9.17, 15) is 14.4 Å². The molecule has 8 nitrogen and oxygen atoms in total. The maximum Gasteiger partial charge on any atom is 0.328 e. The van der Waals surface area contributed by atoms with E-state index in [1.54, 1.807) is 30.3 Å². The Balaban J connectivity index is 2.93. The van der Waals surface area contributed by atoms with Crippen LogP contribution in [0.2, 0.25) is 0 Å². The number of rotatable bonds is 7. The highest BCUT2D eigenvalue weighted by molar-refractivity contribution is 5.91. The van der Waals surface area contributed by atoms with Gasteiger partial charge in [0.05, 0.1) is 6.61 Å². The van der Waals surface area contributed by atoms with Crippen LogP contribution < -0.4 is 10.6 Å². The van der Waals surface area contributed by atoms with Crippen molar-refractivity contribution in [3.8, 4) is 0 Å². The lowest BCUT2D eigenvalue weighted by atomic mass is 10.1. The Kier molecular flexibility index (Phi) is 6.31. The SMILES string of the molecule is O=C(CO)NC(C(=O)NC(CO)C(=O)O)c1ccccc1. The van der Waals surface area contributed by atoms with Crippen LogP contribution in [-0.4, -0.2) is 52.4 Å². The first-order chi connectivity index (χ1) is 9.99. The number of aliphatic hydroxyl groups is 2. The normalized spacial score (nSPS) is 13.0. The Bertz CT molecular complexity index is 505. The van der Waals surface area contributed by atoms with Crippen molar-refractivity contribution in [3.63, 3.8) is 0 Å². The van der Waals surface area contributed by atoms with Crippen molar-refractivity contribution in [2.45, 2.75) is 12.1 Å². The predicted molar refractivity (Wildman–Crippen MR) is 71.1 cm³/mol. The van der Waals surface area contributed by atoms with E-state index in [0.717, 1.165) is 0 Å². The largest absolute Gasteiger partial charge is 0.480 e. The zero-order chi connectivity index (χ0) is 15.8. The van der Waals surface area contributed by atoms with Crippen LogP contribution in [0.25, 0.3) is 0 Å². The van der Waals surface area contributed by atoms with Crippen molar-refractivity contribution in [1.82, 2.24) is 10.6 Å². The van der Waals surface area contributed by atoms with Gasteiger partial charge in [-0.05, 0) is 5.56 Å². The van der Waals surface area contributed by atoms with Crippen LogP contribution >= 0.6 is 0 Å². The maximum atomic E-state index is 12.1. The molecular weight excluding hydrogens is 280 g/mol. The minimum absolute atomic E-state index is 0.416. The van der Waals surface area contributed by atoms with Gasteiger partial charge in [-0.1, -0.05) is 30.3 Å². The topological polar surface area (TPSA) is 136 Å². The lowest BCUT2D eigenvalue weighted by molar-refractivity contribution is -0.143. The second kappa shape index (κ2) is 7.98. The first kappa shape index (κ1) is 16.6.